The van der Waals surface area contributed by atoms with Gasteiger partial charge in [0.15, 0.2) is 5.82 Å². The summed E-state index contributed by atoms with van der Waals surface area (Å²) in [5.41, 5.74) is 2.37. The lowest BCUT2D eigenvalue weighted by Crippen LogP contribution is -1.93. The average Bonchev–Trinajstić information content (AvgIpc) is 2.79. The minimum Gasteiger partial charge on any atom is -0.236 e. The molecule has 0 N–H and O–H groups in total. The highest BCUT2D eigenvalue weighted by Gasteiger charge is 2.03. The van der Waals surface area contributed by atoms with Crippen molar-refractivity contribution in [3.8, 4) is 11.4 Å². The quantitative estimate of drug-likeness (QED) is 0.186. The second kappa shape index (κ2) is 16.4. The molecule has 1 aromatic heterocycles. The van der Waals surface area contributed by atoms with E-state index in [4.69, 9.17) is 0 Å². The van der Waals surface area contributed by atoms with Crippen LogP contribution in [0.3, 0.4) is 0 Å². The van der Waals surface area contributed by atoms with Gasteiger partial charge >= 0.3 is 0 Å². The first-order chi connectivity index (χ1) is 14.8. The molecule has 0 spiro atoms. The topological polar surface area (TPSA) is 25.8 Å². The van der Waals surface area contributed by atoms with Gasteiger partial charge in [0.1, 0.15) is 0 Å². The summed E-state index contributed by atoms with van der Waals surface area (Å²) >= 11 is 1.97. The van der Waals surface area contributed by atoms with Gasteiger partial charge in [0.2, 0.25) is 0 Å². The summed E-state index contributed by atoms with van der Waals surface area (Å²) in [7, 11) is 0. The van der Waals surface area contributed by atoms with E-state index in [0.717, 1.165) is 17.8 Å². The Balaban J connectivity index is 1.65. The van der Waals surface area contributed by atoms with Crippen LogP contribution in [0, 0.1) is 0 Å². The summed E-state index contributed by atoms with van der Waals surface area (Å²) < 4.78 is 0. The van der Waals surface area contributed by atoms with Crippen LogP contribution in [-0.2, 0) is 6.42 Å². The van der Waals surface area contributed by atoms with Gasteiger partial charge in [-0.1, -0.05) is 96.6 Å². The van der Waals surface area contributed by atoms with Gasteiger partial charge in [0.25, 0.3) is 0 Å². The fourth-order valence-electron chi connectivity index (χ4n) is 3.69. The van der Waals surface area contributed by atoms with Crippen molar-refractivity contribution in [1.29, 1.82) is 0 Å². The van der Waals surface area contributed by atoms with Gasteiger partial charge in [-0.3, -0.25) is 0 Å². The monoisotopic (exact) mass is 426 g/mol. The number of hydrogen-bond acceptors (Lipinski definition) is 3. The molecule has 0 aliphatic carbocycles. The Kier molecular flexibility index (Phi) is 13.6. The van der Waals surface area contributed by atoms with Crippen LogP contribution in [0.25, 0.3) is 11.4 Å². The molecule has 0 atom stereocenters. The molecule has 0 fully saturated rings. The molecule has 3 heteroatoms. The van der Waals surface area contributed by atoms with E-state index in [-0.39, 0.29) is 0 Å². The molecule has 0 aliphatic rings. The second-order valence-corrected chi connectivity index (χ2v) is 9.60. The van der Waals surface area contributed by atoms with E-state index in [1.54, 1.807) is 0 Å². The molecule has 0 aliphatic heterocycles. The molecule has 0 unspecified atom stereocenters. The molecule has 1 heterocycles. The summed E-state index contributed by atoms with van der Waals surface area (Å²) in [6.07, 6.45) is 22.7. The van der Waals surface area contributed by atoms with E-state index in [9.17, 15) is 0 Å². The van der Waals surface area contributed by atoms with Crippen molar-refractivity contribution in [2.75, 3.05) is 5.75 Å². The number of aromatic nitrogens is 2. The number of thioether (sulfide) groups is 1. The summed E-state index contributed by atoms with van der Waals surface area (Å²) in [6.45, 7) is 4.55. The lowest BCUT2D eigenvalue weighted by molar-refractivity contribution is 0.589. The zero-order valence-corrected chi connectivity index (χ0v) is 20.2. The Bertz CT molecular complexity index is 592. The smallest absolute Gasteiger partial charge is 0.159 e. The van der Waals surface area contributed by atoms with E-state index in [1.165, 1.54) is 99.7 Å². The van der Waals surface area contributed by atoms with Gasteiger partial charge in [-0.05, 0) is 42.7 Å². The molecule has 0 saturated heterocycles. The largest absolute Gasteiger partial charge is 0.236 e. The molecule has 0 saturated carbocycles. The molecule has 2 nitrogen and oxygen atoms in total. The normalized spacial score (nSPS) is 11.1. The maximum atomic E-state index is 4.61. The van der Waals surface area contributed by atoms with Crippen molar-refractivity contribution in [3.63, 3.8) is 0 Å². The summed E-state index contributed by atoms with van der Waals surface area (Å²) in [6, 6.07) is 8.75. The van der Waals surface area contributed by atoms with Crippen molar-refractivity contribution in [3.05, 3.63) is 42.2 Å². The number of nitrogens with zero attached hydrogens (tertiary/aromatic N) is 2. The van der Waals surface area contributed by atoms with Gasteiger partial charge in [0, 0.05) is 22.9 Å². The summed E-state index contributed by atoms with van der Waals surface area (Å²) in [5.74, 6) is 2.06. The summed E-state index contributed by atoms with van der Waals surface area (Å²) in [5, 5.41) is 0. The zero-order valence-electron chi connectivity index (χ0n) is 19.4. The number of aryl methyl sites for hydroxylation is 1. The van der Waals surface area contributed by atoms with Crippen molar-refractivity contribution in [2.24, 2.45) is 0 Å². The third-order valence-electron chi connectivity index (χ3n) is 5.65. The van der Waals surface area contributed by atoms with Crippen LogP contribution in [0.2, 0.25) is 0 Å². The molecule has 166 valence electrons. The number of hydrogen-bond donors (Lipinski definition) is 0. The second-order valence-electron chi connectivity index (χ2n) is 8.43. The van der Waals surface area contributed by atoms with Crippen LogP contribution in [0.4, 0.5) is 0 Å². The molecule has 0 radical (unpaired) electrons. The lowest BCUT2D eigenvalue weighted by Gasteiger charge is -2.05. The Morgan fingerprint density at radius 1 is 0.633 bits per heavy atom. The number of rotatable bonds is 17. The van der Waals surface area contributed by atoms with Crippen LogP contribution in [0.1, 0.15) is 103 Å². The van der Waals surface area contributed by atoms with Gasteiger partial charge in [-0.2, -0.15) is 0 Å². The first-order valence-corrected chi connectivity index (χ1v) is 13.4. The van der Waals surface area contributed by atoms with Crippen LogP contribution in [0.5, 0.6) is 0 Å². The first kappa shape index (κ1) is 24.9. The van der Waals surface area contributed by atoms with Gasteiger partial charge in [-0.15, -0.1) is 11.8 Å². The van der Waals surface area contributed by atoms with Gasteiger partial charge in [-0.25, -0.2) is 9.97 Å². The maximum absolute atomic E-state index is 4.61. The SMILES string of the molecule is CCCCCCCCCc1cnc(-c2ccc(SCCCCCCCC)cc2)nc1. The Morgan fingerprint density at radius 3 is 1.77 bits per heavy atom. The Hall–Kier alpha value is -1.35. The Morgan fingerprint density at radius 2 is 1.17 bits per heavy atom. The predicted molar refractivity (Wildman–Crippen MR) is 133 cm³/mol. The molecular weight excluding hydrogens is 384 g/mol. The van der Waals surface area contributed by atoms with Crippen LogP contribution >= 0.6 is 11.8 Å². The van der Waals surface area contributed by atoms with Crippen LogP contribution < -0.4 is 0 Å². The average molecular weight is 427 g/mol. The van der Waals surface area contributed by atoms with E-state index in [2.05, 4.69) is 48.1 Å². The van der Waals surface area contributed by atoms with Gasteiger partial charge in [0.05, 0.1) is 0 Å². The fourth-order valence-corrected chi connectivity index (χ4v) is 4.60. The minimum atomic E-state index is 0.839. The third-order valence-corrected chi connectivity index (χ3v) is 6.75. The highest BCUT2D eigenvalue weighted by molar-refractivity contribution is 7.99. The number of unbranched alkanes of at least 4 members (excludes halogenated alkanes) is 11. The fraction of sp³-hybridized carbons (Fsp3) is 0.630. The van der Waals surface area contributed by atoms with Crippen molar-refractivity contribution in [1.82, 2.24) is 9.97 Å². The van der Waals surface area contributed by atoms with E-state index < -0.39 is 0 Å². The van der Waals surface area contributed by atoms with E-state index >= 15 is 0 Å². The minimum absolute atomic E-state index is 0.839. The predicted octanol–water partition coefficient (Wildman–Crippen LogP) is 8.89. The number of benzene rings is 1. The molecule has 2 aromatic rings. The molecule has 0 bridgehead atoms. The van der Waals surface area contributed by atoms with Crippen molar-refractivity contribution >= 4 is 11.8 Å². The standard InChI is InChI=1S/C27H42N2S/c1-3-5-7-9-11-12-14-16-24-22-28-27(29-23-24)25-17-19-26(20-18-25)30-21-15-13-10-8-6-4-2/h17-20,22-23H,3-16,21H2,1-2H3. The van der Waals surface area contributed by atoms with Crippen molar-refractivity contribution < 1.29 is 0 Å². The Labute approximate surface area is 189 Å². The third kappa shape index (κ3) is 10.6. The lowest BCUT2D eigenvalue weighted by atomic mass is 10.1. The summed E-state index contributed by atoms with van der Waals surface area (Å²) in [4.78, 5) is 10.6. The molecule has 30 heavy (non-hydrogen) atoms. The molecule has 1 aromatic carbocycles. The molecule has 2 rings (SSSR count). The van der Waals surface area contributed by atoms with Gasteiger partial charge < -0.3 is 0 Å². The first-order valence-electron chi connectivity index (χ1n) is 12.4. The zero-order chi connectivity index (χ0) is 21.3. The molecule has 0 amide bonds. The van der Waals surface area contributed by atoms with Crippen LogP contribution in [0.15, 0.2) is 41.6 Å². The highest BCUT2D eigenvalue weighted by Crippen LogP contribution is 2.23. The molecular formula is C27H42N2S. The van der Waals surface area contributed by atoms with E-state index in [1.807, 2.05) is 24.2 Å². The van der Waals surface area contributed by atoms with Crippen molar-refractivity contribution in [2.45, 2.75) is 109 Å². The maximum Gasteiger partial charge on any atom is 0.159 e. The van der Waals surface area contributed by atoms with E-state index in [0.29, 0.717) is 0 Å². The van der Waals surface area contributed by atoms with Crippen LogP contribution in [-0.4, -0.2) is 15.7 Å². The highest BCUT2D eigenvalue weighted by atomic mass is 32.2.